The number of nitrogens with zero attached hydrogens (tertiary/aromatic N) is 2. The van der Waals surface area contributed by atoms with Gasteiger partial charge in [0.2, 0.25) is 0 Å². The summed E-state index contributed by atoms with van der Waals surface area (Å²) in [5.41, 5.74) is 5.14. The van der Waals surface area contributed by atoms with Gasteiger partial charge in [0, 0.05) is 17.2 Å². The van der Waals surface area contributed by atoms with Crippen LogP contribution in [-0.4, -0.2) is 10.9 Å². The number of aliphatic imine (C=N–C) groups is 1. The van der Waals surface area contributed by atoms with Crippen molar-refractivity contribution >= 4 is 23.0 Å². The van der Waals surface area contributed by atoms with Gasteiger partial charge in [0.05, 0.1) is 0 Å². The predicted octanol–water partition coefficient (Wildman–Crippen LogP) is 5.49. The van der Waals surface area contributed by atoms with Crippen molar-refractivity contribution in [1.82, 2.24) is 5.16 Å². The topological polar surface area (TPSA) is 38.4 Å². The van der Waals surface area contributed by atoms with Crippen molar-refractivity contribution in [2.75, 3.05) is 0 Å². The third kappa shape index (κ3) is 2.87. The van der Waals surface area contributed by atoms with E-state index in [1.54, 1.807) is 0 Å². The van der Waals surface area contributed by atoms with Crippen LogP contribution >= 0.6 is 11.6 Å². The first-order valence-corrected chi connectivity index (χ1v) is 8.42. The summed E-state index contributed by atoms with van der Waals surface area (Å²) in [5, 5.41) is 4.84. The maximum absolute atomic E-state index is 6.03. The van der Waals surface area contributed by atoms with Crippen molar-refractivity contribution in [3.63, 3.8) is 0 Å². The van der Waals surface area contributed by atoms with Crippen molar-refractivity contribution in [3.8, 4) is 0 Å². The molecule has 0 unspecified atom stereocenters. The van der Waals surface area contributed by atoms with Crippen LogP contribution in [-0.2, 0) is 6.42 Å². The van der Waals surface area contributed by atoms with E-state index >= 15 is 0 Å². The summed E-state index contributed by atoms with van der Waals surface area (Å²) < 4.78 is 5.54. The van der Waals surface area contributed by atoms with Crippen LogP contribution in [0.2, 0.25) is 5.02 Å². The van der Waals surface area contributed by atoms with E-state index < -0.39 is 0 Å². The van der Waals surface area contributed by atoms with E-state index in [-0.39, 0.29) is 0 Å². The van der Waals surface area contributed by atoms with Crippen molar-refractivity contribution in [3.05, 3.63) is 82.2 Å². The Hall–Kier alpha value is -2.39. The predicted molar refractivity (Wildman–Crippen MR) is 96.4 cm³/mol. The number of benzene rings is 2. The Morgan fingerprint density at radius 3 is 2.50 bits per heavy atom. The Labute approximate surface area is 146 Å². The molecular formula is C20H17ClN2O. The lowest BCUT2D eigenvalue weighted by atomic mass is 9.88. The Morgan fingerprint density at radius 2 is 1.75 bits per heavy atom. The van der Waals surface area contributed by atoms with E-state index in [2.05, 4.69) is 29.4 Å². The van der Waals surface area contributed by atoms with Crippen molar-refractivity contribution in [2.24, 2.45) is 4.99 Å². The molecule has 1 atom stereocenters. The highest BCUT2D eigenvalue weighted by atomic mass is 35.5. The van der Waals surface area contributed by atoms with Crippen molar-refractivity contribution in [2.45, 2.75) is 25.7 Å². The molecule has 0 radical (unpaired) electrons. The molecule has 2 aromatic carbocycles. The molecule has 1 aliphatic heterocycles. The van der Waals surface area contributed by atoms with E-state index in [1.807, 2.05) is 37.3 Å². The molecule has 0 fully saturated rings. The first kappa shape index (κ1) is 15.2. The lowest BCUT2D eigenvalue weighted by Gasteiger charge is -2.15. The van der Waals surface area contributed by atoms with Crippen LogP contribution in [0, 0.1) is 6.92 Å². The van der Waals surface area contributed by atoms with Gasteiger partial charge in [0.1, 0.15) is 11.4 Å². The fraction of sp³-hybridized carbons (Fsp3) is 0.200. The molecule has 3 aromatic rings. The second-order valence-electron chi connectivity index (χ2n) is 6.12. The van der Waals surface area contributed by atoms with Crippen LogP contribution in [0.5, 0.6) is 0 Å². The van der Waals surface area contributed by atoms with Gasteiger partial charge in [-0.3, -0.25) is 0 Å². The van der Waals surface area contributed by atoms with Crippen LogP contribution in [0.25, 0.3) is 0 Å². The zero-order valence-electron chi connectivity index (χ0n) is 13.4. The normalized spacial score (nSPS) is 17.1. The fourth-order valence-corrected chi connectivity index (χ4v) is 3.31. The second-order valence-corrected chi connectivity index (χ2v) is 6.56. The third-order valence-corrected chi connectivity index (χ3v) is 4.72. The number of aromatic nitrogens is 1. The van der Waals surface area contributed by atoms with E-state index in [0.29, 0.717) is 5.92 Å². The van der Waals surface area contributed by atoms with E-state index in [4.69, 9.17) is 21.1 Å². The third-order valence-electron chi connectivity index (χ3n) is 4.47. The number of aryl methyl sites for hydroxylation is 1. The summed E-state index contributed by atoms with van der Waals surface area (Å²) in [5.74, 6) is 1.18. The first-order valence-electron chi connectivity index (χ1n) is 8.04. The number of hydrogen-bond acceptors (Lipinski definition) is 3. The standard InChI is InChI=1S/C20H17ClN2O/c1-13-20-19(24-23-13)12-16(14-5-3-2-4-6-14)11-18(22-20)15-7-9-17(21)10-8-15/h2-10,16H,11-12H2,1H3/t16-/m1/s1. The molecule has 24 heavy (non-hydrogen) atoms. The maximum Gasteiger partial charge on any atom is 0.163 e. The fourth-order valence-electron chi connectivity index (χ4n) is 3.18. The van der Waals surface area contributed by atoms with E-state index in [0.717, 1.165) is 46.3 Å². The number of rotatable bonds is 2. The number of hydrogen-bond donors (Lipinski definition) is 0. The molecule has 0 aliphatic carbocycles. The quantitative estimate of drug-likeness (QED) is 0.620. The zero-order chi connectivity index (χ0) is 16.5. The molecular weight excluding hydrogens is 320 g/mol. The largest absolute Gasteiger partial charge is 0.359 e. The summed E-state index contributed by atoms with van der Waals surface area (Å²) in [4.78, 5) is 4.89. The van der Waals surface area contributed by atoms with Gasteiger partial charge in [-0.15, -0.1) is 0 Å². The first-order chi connectivity index (χ1) is 11.7. The summed E-state index contributed by atoms with van der Waals surface area (Å²) in [6.07, 6.45) is 1.66. The summed E-state index contributed by atoms with van der Waals surface area (Å²) >= 11 is 6.03. The van der Waals surface area contributed by atoms with E-state index in [1.165, 1.54) is 5.56 Å². The van der Waals surface area contributed by atoms with Crippen LogP contribution in [0.4, 0.5) is 5.69 Å². The summed E-state index contributed by atoms with van der Waals surface area (Å²) in [6, 6.07) is 18.4. The Morgan fingerprint density at radius 1 is 1.00 bits per heavy atom. The number of halogens is 1. The molecule has 4 rings (SSSR count). The van der Waals surface area contributed by atoms with Gasteiger partial charge < -0.3 is 4.52 Å². The number of fused-ring (bicyclic) bond motifs is 1. The van der Waals surface area contributed by atoms with Crippen LogP contribution in [0.1, 0.15) is 34.9 Å². The van der Waals surface area contributed by atoms with Gasteiger partial charge in [-0.1, -0.05) is 59.2 Å². The smallest absolute Gasteiger partial charge is 0.163 e. The summed E-state index contributed by atoms with van der Waals surface area (Å²) in [6.45, 7) is 1.94. The van der Waals surface area contributed by atoms with Gasteiger partial charge >= 0.3 is 0 Å². The zero-order valence-corrected chi connectivity index (χ0v) is 14.1. The molecule has 0 spiro atoms. The molecule has 0 bridgehead atoms. The molecule has 0 saturated carbocycles. The molecule has 3 nitrogen and oxygen atoms in total. The van der Waals surface area contributed by atoms with Crippen LogP contribution < -0.4 is 0 Å². The minimum Gasteiger partial charge on any atom is -0.359 e. The van der Waals surface area contributed by atoms with Gasteiger partial charge in [-0.2, -0.15) is 0 Å². The maximum atomic E-state index is 6.03. The van der Waals surface area contributed by atoms with Crippen molar-refractivity contribution in [1.29, 1.82) is 0 Å². The highest BCUT2D eigenvalue weighted by Crippen LogP contribution is 2.36. The average molecular weight is 337 g/mol. The molecule has 0 amide bonds. The minimum atomic E-state index is 0.314. The molecule has 4 heteroatoms. The average Bonchev–Trinajstić information content (AvgIpc) is 2.84. The minimum absolute atomic E-state index is 0.314. The molecule has 1 aromatic heterocycles. The molecule has 120 valence electrons. The van der Waals surface area contributed by atoms with Crippen molar-refractivity contribution < 1.29 is 4.52 Å². The monoisotopic (exact) mass is 336 g/mol. The Kier molecular flexibility index (Phi) is 3.95. The molecule has 2 heterocycles. The Bertz CT molecular complexity index is 882. The van der Waals surface area contributed by atoms with Gasteiger partial charge in [0.25, 0.3) is 0 Å². The second kappa shape index (κ2) is 6.25. The van der Waals surface area contributed by atoms with Crippen LogP contribution in [0.15, 0.2) is 64.1 Å². The molecule has 1 aliphatic rings. The molecule has 0 N–H and O–H groups in total. The SMILES string of the molecule is Cc1noc2c1N=C(c1ccc(Cl)cc1)C[C@@H](c1ccccc1)C2. The lowest BCUT2D eigenvalue weighted by molar-refractivity contribution is 0.373. The van der Waals surface area contributed by atoms with Gasteiger partial charge in [-0.05, 0) is 42.5 Å². The van der Waals surface area contributed by atoms with Gasteiger partial charge in [-0.25, -0.2) is 4.99 Å². The van der Waals surface area contributed by atoms with Gasteiger partial charge in [0.15, 0.2) is 5.76 Å². The van der Waals surface area contributed by atoms with Crippen LogP contribution in [0.3, 0.4) is 0 Å². The lowest BCUT2D eigenvalue weighted by Crippen LogP contribution is -2.09. The highest BCUT2D eigenvalue weighted by Gasteiger charge is 2.25. The Balaban J connectivity index is 1.80. The molecule has 0 saturated heterocycles. The van der Waals surface area contributed by atoms with E-state index in [9.17, 15) is 0 Å². The summed E-state index contributed by atoms with van der Waals surface area (Å²) in [7, 11) is 0. The highest BCUT2D eigenvalue weighted by molar-refractivity contribution is 6.30.